The standard InChI is InChI=1S/C14H14N6O/c1-2-21-14-19-12(15)18-13(20-14)17-11-5-3-4-9-6-7-16-8-10(9)11/h3-8H,2H2,1H3,(H3,15,17,18,19,20). The number of hydrogen-bond donors (Lipinski definition) is 2. The van der Waals surface area contributed by atoms with E-state index in [1.807, 2.05) is 31.2 Å². The molecule has 3 N–H and O–H groups in total. The zero-order chi connectivity index (χ0) is 14.7. The average Bonchev–Trinajstić information content (AvgIpc) is 2.47. The molecule has 0 aliphatic carbocycles. The van der Waals surface area contributed by atoms with Gasteiger partial charge in [0.25, 0.3) is 0 Å². The quantitative estimate of drug-likeness (QED) is 0.756. The lowest BCUT2D eigenvalue weighted by atomic mass is 10.1. The minimum absolute atomic E-state index is 0.106. The fourth-order valence-electron chi connectivity index (χ4n) is 1.96. The summed E-state index contributed by atoms with van der Waals surface area (Å²) in [6, 6.07) is 8.01. The number of rotatable bonds is 4. The minimum atomic E-state index is 0.106. The Labute approximate surface area is 121 Å². The van der Waals surface area contributed by atoms with Crippen molar-refractivity contribution in [2.24, 2.45) is 0 Å². The maximum atomic E-state index is 5.66. The predicted octanol–water partition coefficient (Wildman–Crippen LogP) is 2.14. The van der Waals surface area contributed by atoms with Gasteiger partial charge < -0.3 is 15.8 Å². The van der Waals surface area contributed by atoms with Crippen molar-refractivity contribution in [3.8, 4) is 6.01 Å². The first-order valence-electron chi connectivity index (χ1n) is 6.50. The van der Waals surface area contributed by atoms with Gasteiger partial charge in [0.05, 0.1) is 12.3 Å². The van der Waals surface area contributed by atoms with Gasteiger partial charge in [-0.15, -0.1) is 0 Å². The van der Waals surface area contributed by atoms with Gasteiger partial charge in [-0.25, -0.2) is 0 Å². The molecule has 21 heavy (non-hydrogen) atoms. The highest BCUT2D eigenvalue weighted by molar-refractivity contribution is 5.94. The fraction of sp³-hybridized carbons (Fsp3) is 0.143. The number of nitrogens with one attached hydrogen (secondary N) is 1. The highest BCUT2D eigenvalue weighted by Crippen LogP contribution is 2.24. The van der Waals surface area contributed by atoms with Gasteiger partial charge in [0, 0.05) is 17.8 Å². The van der Waals surface area contributed by atoms with Crippen molar-refractivity contribution in [1.82, 2.24) is 19.9 Å². The first kappa shape index (κ1) is 13.0. The van der Waals surface area contributed by atoms with Gasteiger partial charge in [0.1, 0.15) is 0 Å². The Kier molecular flexibility index (Phi) is 3.46. The molecule has 7 heteroatoms. The number of nitrogens with zero attached hydrogens (tertiary/aromatic N) is 4. The van der Waals surface area contributed by atoms with Crippen LogP contribution in [0.15, 0.2) is 36.7 Å². The van der Waals surface area contributed by atoms with E-state index in [0.717, 1.165) is 16.5 Å². The van der Waals surface area contributed by atoms with Gasteiger partial charge in [-0.2, -0.15) is 15.0 Å². The molecular formula is C14H14N6O. The molecule has 0 fully saturated rings. The topological polar surface area (TPSA) is 98.8 Å². The molecule has 0 spiro atoms. The Balaban J connectivity index is 1.98. The highest BCUT2D eigenvalue weighted by Gasteiger charge is 2.07. The Hall–Kier alpha value is -2.96. The summed E-state index contributed by atoms with van der Waals surface area (Å²) in [5.41, 5.74) is 6.50. The van der Waals surface area contributed by atoms with Crippen LogP contribution in [0.2, 0.25) is 0 Å². The molecule has 3 aromatic rings. The van der Waals surface area contributed by atoms with E-state index in [-0.39, 0.29) is 12.0 Å². The van der Waals surface area contributed by atoms with Gasteiger partial charge >= 0.3 is 6.01 Å². The first-order chi connectivity index (χ1) is 10.3. The second kappa shape index (κ2) is 5.58. The smallest absolute Gasteiger partial charge is 0.323 e. The molecule has 0 unspecified atom stereocenters. The van der Waals surface area contributed by atoms with Gasteiger partial charge in [0.15, 0.2) is 0 Å². The summed E-state index contributed by atoms with van der Waals surface area (Å²) in [6.45, 7) is 2.31. The van der Waals surface area contributed by atoms with Crippen LogP contribution in [-0.2, 0) is 0 Å². The monoisotopic (exact) mass is 282 g/mol. The lowest BCUT2D eigenvalue weighted by Crippen LogP contribution is -2.06. The van der Waals surface area contributed by atoms with Crippen molar-refractivity contribution in [3.05, 3.63) is 36.7 Å². The minimum Gasteiger partial charge on any atom is -0.464 e. The van der Waals surface area contributed by atoms with Crippen LogP contribution in [0, 0.1) is 0 Å². The van der Waals surface area contributed by atoms with E-state index >= 15 is 0 Å². The van der Waals surface area contributed by atoms with E-state index in [2.05, 4.69) is 25.3 Å². The molecule has 0 aliphatic rings. The molecule has 2 heterocycles. The number of fused-ring (bicyclic) bond motifs is 1. The number of benzene rings is 1. The Morgan fingerprint density at radius 3 is 2.95 bits per heavy atom. The lowest BCUT2D eigenvalue weighted by Gasteiger charge is -2.09. The molecule has 0 bridgehead atoms. The van der Waals surface area contributed by atoms with E-state index in [1.54, 1.807) is 12.4 Å². The third-order valence-electron chi connectivity index (χ3n) is 2.84. The van der Waals surface area contributed by atoms with E-state index in [4.69, 9.17) is 10.5 Å². The molecule has 2 aromatic heterocycles. The predicted molar refractivity (Wildman–Crippen MR) is 80.4 cm³/mol. The molecule has 1 aromatic carbocycles. The summed E-state index contributed by atoms with van der Waals surface area (Å²) in [5.74, 6) is 0.441. The third-order valence-corrected chi connectivity index (χ3v) is 2.84. The summed E-state index contributed by atoms with van der Waals surface area (Å²) in [6.07, 6.45) is 3.53. The van der Waals surface area contributed by atoms with Crippen LogP contribution >= 0.6 is 0 Å². The van der Waals surface area contributed by atoms with E-state index in [9.17, 15) is 0 Å². The van der Waals surface area contributed by atoms with Gasteiger partial charge in [0.2, 0.25) is 11.9 Å². The fourth-order valence-corrected chi connectivity index (χ4v) is 1.96. The molecule has 0 aliphatic heterocycles. The van der Waals surface area contributed by atoms with Crippen LogP contribution in [0.1, 0.15) is 6.92 Å². The summed E-state index contributed by atoms with van der Waals surface area (Å²) < 4.78 is 5.26. The number of nitrogen functional groups attached to an aromatic ring is 1. The summed E-state index contributed by atoms with van der Waals surface area (Å²) in [5, 5.41) is 5.17. The molecule has 7 nitrogen and oxygen atoms in total. The van der Waals surface area contributed by atoms with E-state index < -0.39 is 0 Å². The molecular weight excluding hydrogens is 268 g/mol. The second-order valence-corrected chi connectivity index (χ2v) is 4.26. The van der Waals surface area contributed by atoms with Crippen molar-refractivity contribution in [2.45, 2.75) is 6.92 Å². The van der Waals surface area contributed by atoms with Crippen LogP contribution in [0.5, 0.6) is 6.01 Å². The zero-order valence-electron chi connectivity index (χ0n) is 11.4. The molecule has 0 radical (unpaired) electrons. The van der Waals surface area contributed by atoms with E-state index in [1.165, 1.54) is 0 Å². The number of ether oxygens (including phenoxy) is 1. The molecule has 3 rings (SSSR count). The Bertz CT molecular complexity index is 771. The third kappa shape index (κ3) is 2.81. The van der Waals surface area contributed by atoms with Crippen molar-refractivity contribution in [3.63, 3.8) is 0 Å². The van der Waals surface area contributed by atoms with Crippen molar-refractivity contribution < 1.29 is 4.74 Å². The Morgan fingerprint density at radius 1 is 1.19 bits per heavy atom. The SMILES string of the molecule is CCOc1nc(N)nc(Nc2cccc3ccncc23)n1. The Morgan fingerprint density at radius 2 is 2.10 bits per heavy atom. The lowest BCUT2D eigenvalue weighted by molar-refractivity contribution is 0.312. The molecule has 0 saturated heterocycles. The molecule has 0 amide bonds. The van der Waals surface area contributed by atoms with E-state index in [0.29, 0.717) is 12.6 Å². The highest BCUT2D eigenvalue weighted by atomic mass is 16.5. The maximum Gasteiger partial charge on any atom is 0.323 e. The molecule has 0 atom stereocenters. The first-order valence-corrected chi connectivity index (χ1v) is 6.50. The van der Waals surface area contributed by atoms with Crippen LogP contribution in [-0.4, -0.2) is 26.5 Å². The molecule has 106 valence electrons. The van der Waals surface area contributed by atoms with Crippen molar-refractivity contribution in [2.75, 3.05) is 17.7 Å². The van der Waals surface area contributed by atoms with Gasteiger partial charge in [-0.05, 0) is 24.4 Å². The second-order valence-electron chi connectivity index (χ2n) is 4.26. The summed E-state index contributed by atoms with van der Waals surface area (Å²) in [7, 11) is 0. The van der Waals surface area contributed by atoms with Gasteiger partial charge in [-0.3, -0.25) is 4.98 Å². The maximum absolute atomic E-state index is 5.66. The number of aromatic nitrogens is 4. The number of hydrogen-bond acceptors (Lipinski definition) is 7. The molecule has 0 saturated carbocycles. The normalized spacial score (nSPS) is 10.5. The zero-order valence-corrected chi connectivity index (χ0v) is 11.4. The van der Waals surface area contributed by atoms with Crippen LogP contribution in [0.3, 0.4) is 0 Å². The average molecular weight is 282 g/mol. The largest absolute Gasteiger partial charge is 0.464 e. The summed E-state index contributed by atoms with van der Waals surface area (Å²) >= 11 is 0. The van der Waals surface area contributed by atoms with Crippen molar-refractivity contribution in [1.29, 1.82) is 0 Å². The van der Waals surface area contributed by atoms with Crippen LogP contribution in [0.25, 0.3) is 10.8 Å². The number of pyridine rings is 1. The van der Waals surface area contributed by atoms with Crippen LogP contribution in [0.4, 0.5) is 17.6 Å². The number of nitrogens with two attached hydrogens (primary N) is 1. The summed E-state index contributed by atoms with van der Waals surface area (Å²) in [4.78, 5) is 16.3. The van der Waals surface area contributed by atoms with Gasteiger partial charge in [-0.1, -0.05) is 12.1 Å². The number of anilines is 3. The van der Waals surface area contributed by atoms with Crippen LogP contribution < -0.4 is 15.8 Å². The van der Waals surface area contributed by atoms with Crippen molar-refractivity contribution >= 4 is 28.4 Å².